The summed E-state index contributed by atoms with van der Waals surface area (Å²) in [6.07, 6.45) is 0.738. The third kappa shape index (κ3) is 3.46. The van der Waals surface area contributed by atoms with Crippen molar-refractivity contribution in [2.24, 2.45) is 0 Å². The fraction of sp³-hybridized carbons (Fsp3) is 0.389. The van der Waals surface area contributed by atoms with Gasteiger partial charge in [-0.15, -0.1) is 0 Å². The van der Waals surface area contributed by atoms with Crippen LogP contribution in [0.5, 0.6) is 0 Å². The number of carbonyl (C=O) groups excluding carboxylic acids is 1. The smallest absolute Gasteiger partial charge is 0.278 e. The van der Waals surface area contributed by atoms with Gasteiger partial charge in [0.05, 0.1) is 12.7 Å². The summed E-state index contributed by atoms with van der Waals surface area (Å²) in [4.78, 5) is 26.6. The number of ether oxygens (including phenoxy) is 1. The van der Waals surface area contributed by atoms with Gasteiger partial charge < -0.3 is 9.64 Å². The molecule has 132 valence electrons. The zero-order valence-corrected chi connectivity index (χ0v) is 14.2. The number of aromatic nitrogens is 2. The van der Waals surface area contributed by atoms with Gasteiger partial charge in [-0.05, 0) is 25.5 Å². The van der Waals surface area contributed by atoms with Crippen molar-refractivity contribution < 1.29 is 13.9 Å². The first-order valence-electron chi connectivity index (χ1n) is 8.28. The Labute approximate surface area is 144 Å². The number of benzene rings is 1. The molecule has 1 atom stereocenters. The van der Waals surface area contributed by atoms with Crippen molar-refractivity contribution in [2.75, 3.05) is 19.7 Å². The van der Waals surface area contributed by atoms with Gasteiger partial charge in [-0.25, -0.2) is 9.07 Å². The van der Waals surface area contributed by atoms with E-state index in [0.717, 1.165) is 6.42 Å². The van der Waals surface area contributed by atoms with E-state index in [9.17, 15) is 14.0 Å². The zero-order chi connectivity index (χ0) is 18.0. The highest BCUT2D eigenvalue weighted by atomic mass is 19.1. The summed E-state index contributed by atoms with van der Waals surface area (Å²) in [6.45, 7) is 4.89. The number of morpholine rings is 1. The summed E-state index contributed by atoms with van der Waals surface area (Å²) in [6, 6.07) is 7.42. The molecule has 1 saturated heterocycles. The summed E-state index contributed by atoms with van der Waals surface area (Å²) in [5, 5.41) is 4.16. The average molecular weight is 345 g/mol. The van der Waals surface area contributed by atoms with Gasteiger partial charge in [-0.3, -0.25) is 9.59 Å². The van der Waals surface area contributed by atoms with Gasteiger partial charge in [-0.1, -0.05) is 19.1 Å². The lowest BCUT2D eigenvalue weighted by atomic mass is 10.2. The van der Waals surface area contributed by atoms with Crippen LogP contribution in [0.1, 0.15) is 29.5 Å². The second-order valence-electron chi connectivity index (χ2n) is 6.01. The molecule has 1 aromatic carbocycles. The summed E-state index contributed by atoms with van der Waals surface area (Å²) in [5.41, 5.74) is -0.0113. The molecule has 1 aromatic heterocycles. The topological polar surface area (TPSA) is 64.4 Å². The number of nitrogens with zero attached hydrogens (tertiary/aromatic N) is 3. The highest BCUT2D eigenvalue weighted by Crippen LogP contribution is 2.14. The Kier molecular flexibility index (Phi) is 4.94. The van der Waals surface area contributed by atoms with Gasteiger partial charge in [0.1, 0.15) is 11.5 Å². The maximum Gasteiger partial charge on any atom is 0.278 e. The minimum absolute atomic E-state index is 0.0445. The number of halogens is 1. The van der Waals surface area contributed by atoms with Crippen LogP contribution in [0.15, 0.2) is 35.1 Å². The quantitative estimate of drug-likeness (QED) is 0.853. The average Bonchev–Trinajstić information content (AvgIpc) is 2.62. The molecule has 25 heavy (non-hydrogen) atoms. The molecule has 0 bridgehead atoms. The Bertz CT molecular complexity index is 850. The van der Waals surface area contributed by atoms with Crippen molar-refractivity contribution in [3.05, 3.63) is 57.8 Å². The van der Waals surface area contributed by atoms with Crippen molar-refractivity contribution in [2.45, 2.75) is 26.4 Å². The predicted octanol–water partition coefficient (Wildman–Crippen LogP) is 1.93. The van der Waals surface area contributed by atoms with E-state index in [1.807, 2.05) is 6.92 Å². The van der Waals surface area contributed by atoms with Crippen molar-refractivity contribution in [3.63, 3.8) is 0 Å². The number of hydrogen-bond donors (Lipinski definition) is 0. The fourth-order valence-electron chi connectivity index (χ4n) is 2.86. The van der Waals surface area contributed by atoms with Crippen LogP contribution < -0.4 is 5.43 Å². The summed E-state index contributed by atoms with van der Waals surface area (Å²) in [5.74, 6) is -0.922. The van der Waals surface area contributed by atoms with Crippen LogP contribution in [0.3, 0.4) is 0 Å². The Balaban J connectivity index is 2.00. The van der Waals surface area contributed by atoms with Gasteiger partial charge in [0.25, 0.3) is 5.91 Å². The number of para-hydroxylation sites is 1. The summed E-state index contributed by atoms with van der Waals surface area (Å²) < 4.78 is 20.9. The van der Waals surface area contributed by atoms with Gasteiger partial charge in [0, 0.05) is 24.8 Å². The lowest BCUT2D eigenvalue weighted by Gasteiger charge is -2.32. The Morgan fingerprint density at radius 3 is 2.88 bits per heavy atom. The van der Waals surface area contributed by atoms with Crippen LogP contribution in [-0.2, 0) is 4.74 Å². The van der Waals surface area contributed by atoms with Crippen LogP contribution in [0, 0.1) is 12.7 Å². The van der Waals surface area contributed by atoms with Gasteiger partial charge >= 0.3 is 0 Å². The third-order valence-electron chi connectivity index (χ3n) is 4.27. The molecule has 7 heteroatoms. The predicted molar refractivity (Wildman–Crippen MR) is 90.5 cm³/mol. The summed E-state index contributed by atoms with van der Waals surface area (Å²) >= 11 is 0. The van der Waals surface area contributed by atoms with E-state index >= 15 is 0 Å². The molecule has 0 spiro atoms. The largest absolute Gasteiger partial charge is 0.375 e. The molecule has 3 rings (SSSR count). The molecule has 1 aliphatic rings. The van der Waals surface area contributed by atoms with Crippen LogP contribution in [0.25, 0.3) is 5.69 Å². The molecular formula is C18H20FN3O3. The highest BCUT2D eigenvalue weighted by molar-refractivity contribution is 5.92. The molecule has 1 fully saturated rings. The van der Waals surface area contributed by atoms with E-state index in [0.29, 0.717) is 25.4 Å². The second kappa shape index (κ2) is 7.14. The van der Waals surface area contributed by atoms with E-state index in [-0.39, 0.29) is 17.5 Å². The first kappa shape index (κ1) is 17.3. The number of hydrogen-bond acceptors (Lipinski definition) is 4. The molecule has 6 nitrogen and oxygen atoms in total. The molecule has 1 amide bonds. The number of rotatable bonds is 3. The molecule has 0 aliphatic carbocycles. The minimum Gasteiger partial charge on any atom is -0.375 e. The van der Waals surface area contributed by atoms with Crippen LogP contribution >= 0.6 is 0 Å². The third-order valence-corrected chi connectivity index (χ3v) is 4.27. The van der Waals surface area contributed by atoms with E-state index < -0.39 is 17.2 Å². The maximum absolute atomic E-state index is 14.1. The molecule has 1 aliphatic heterocycles. The van der Waals surface area contributed by atoms with Crippen molar-refractivity contribution >= 4 is 5.91 Å². The lowest BCUT2D eigenvalue weighted by Crippen LogP contribution is -2.47. The zero-order valence-electron chi connectivity index (χ0n) is 14.2. The molecule has 0 radical (unpaired) electrons. The lowest BCUT2D eigenvalue weighted by molar-refractivity contribution is -0.0229. The van der Waals surface area contributed by atoms with Gasteiger partial charge in [0.15, 0.2) is 5.69 Å². The molecule has 0 N–H and O–H groups in total. The van der Waals surface area contributed by atoms with Crippen LogP contribution in [0.2, 0.25) is 0 Å². The normalized spacial score (nSPS) is 17.6. The van der Waals surface area contributed by atoms with Gasteiger partial charge in [-0.2, -0.15) is 5.10 Å². The van der Waals surface area contributed by atoms with Crippen LogP contribution in [-0.4, -0.2) is 46.4 Å². The minimum atomic E-state index is -0.474. The number of carbonyl (C=O) groups is 1. The Morgan fingerprint density at radius 1 is 1.40 bits per heavy atom. The van der Waals surface area contributed by atoms with E-state index in [2.05, 4.69) is 5.10 Å². The Morgan fingerprint density at radius 2 is 2.16 bits per heavy atom. The Hall–Kier alpha value is -2.54. The van der Waals surface area contributed by atoms with E-state index in [1.54, 1.807) is 30.0 Å². The molecule has 2 aromatic rings. The molecule has 2 heterocycles. The second-order valence-corrected chi connectivity index (χ2v) is 6.01. The van der Waals surface area contributed by atoms with Crippen LogP contribution in [0.4, 0.5) is 4.39 Å². The molecule has 0 saturated carbocycles. The first-order valence-corrected chi connectivity index (χ1v) is 8.28. The standard InChI is InChI=1S/C18H20FN3O3/c1-3-13-11-21(8-9-25-13)18(24)17-16(23)10-12(2)22(20-17)15-7-5-4-6-14(15)19/h4-7,10,13H,3,8-9,11H2,1-2H3. The fourth-order valence-corrected chi connectivity index (χ4v) is 2.86. The highest BCUT2D eigenvalue weighted by Gasteiger charge is 2.27. The van der Waals surface area contributed by atoms with Crippen molar-refractivity contribution in [1.82, 2.24) is 14.7 Å². The monoisotopic (exact) mass is 345 g/mol. The first-order chi connectivity index (χ1) is 12.0. The summed E-state index contributed by atoms with van der Waals surface area (Å²) in [7, 11) is 0. The molecule has 1 unspecified atom stereocenters. The van der Waals surface area contributed by atoms with Crippen molar-refractivity contribution in [1.29, 1.82) is 0 Å². The van der Waals surface area contributed by atoms with Crippen molar-refractivity contribution in [3.8, 4) is 5.69 Å². The molecular weight excluding hydrogens is 325 g/mol. The van der Waals surface area contributed by atoms with E-state index in [1.165, 1.54) is 16.8 Å². The van der Waals surface area contributed by atoms with Gasteiger partial charge in [0.2, 0.25) is 5.43 Å². The van der Waals surface area contributed by atoms with E-state index in [4.69, 9.17) is 4.74 Å². The SMILES string of the molecule is CCC1CN(C(=O)c2nn(-c3ccccc3F)c(C)cc2=O)CCO1. The maximum atomic E-state index is 14.1. The number of amides is 1. The number of aryl methyl sites for hydroxylation is 1.